The van der Waals surface area contributed by atoms with Gasteiger partial charge in [-0.3, -0.25) is 0 Å². The molecule has 4 nitrogen and oxygen atoms in total. The zero-order chi connectivity index (χ0) is 18.5. The van der Waals surface area contributed by atoms with E-state index < -0.39 is 0 Å². The van der Waals surface area contributed by atoms with Crippen LogP contribution in [-0.2, 0) is 13.0 Å². The molecule has 0 unspecified atom stereocenters. The molecule has 3 rings (SSSR count). The second-order valence-electron chi connectivity index (χ2n) is 5.98. The van der Waals surface area contributed by atoms with Gasteiger partial charge in [-0.25, -0.2) is 0 Å². The van der Waals surface area contributed by atoms with E-state index in [2.05, 4.69) is 47.5 Å². The van der Waals surface area contributed by atoms with Crippen LogP contribution in [-0.4, -0.2) is 20.0 Å². The van der Waals surface area contributed by atoms with Gasteiger partial charge in [-0.05, 0) is 50.1 Å². The van der Waals surface area contributed by atoms with Gasteiger partial charge in [0.05, 0.1) is 6.07 Å². The van der Waals surface area contributed by atoms with Crippen molar-refractivity contribution in [3.8, 4) is 17.5 Å². The van der Waals surface area contributed by atoms with Crippen LogP contribution in [0.15, 0.2) is 53.7 Å². The summed E-state index contributed by atoms with van der Waals surface area (Å²) >= 11 is 7.43. The number of hydrogen-bond donors (Lipinski definition) is 0. The predicted molar refractivity (Wildman–Crippen MR) is 106 cm³/mol. The van der Waals surface area contributed by atoms with Gasteiger partial charge in [-0.2, -0.15) is 5.26 Å². The Morgan fingerprint density at radius 3 is 2.42 bits per heavy atom. The fourth-order valence-corrected chi connectivity index (χ4v) is 3.79. The molecule has 26 heavy (non-hydrogen) atoms. The van der Waals surface area contributed by atoms with E-state index in [9.17, 15) is 5.26 Å². The van der Waals surface area contributed by atoms with E-state index in [0.29, 0.717) is 11.4 Å². The minimum absolute atomic E-state index is 0.217. The van der Waals surface area contributed by atoms with E-state index >= 15 is 0 Å². The van der Waals surface area contributed by atoms with Crippen molar-refractivity contribution in [2.24, 2.45) is 0 Å². The largest absolute Gasteiger partial charge is 0.302 e. The molecular weight excluding hydrogens is 364 g/mol. The zero-order valence-electron chi connectivity index (χ0n) is 14.7. The Hall–Kier alpha value is -2.29. The third-order valence-corrected chi connectivity index (χ3v) is 5.39. The van der Waals surface area contributed by atoms with E-state index in [0.717, 1.165) is 28.7 Å². The molecule has 3 aromatic rings. The summed E-state index contributed by atoms with van der Waals surface area (Å²) in [6.45, 7) is 4.84. The lowest BCUT2D eigenvalue weighted by Gasteiger charge is -2.11. The van der Waals surface area contributed by atoms with E-state index in [4.69, 9.17) is 11.6 Å². The SMILES string of the molecule is CCn1c(S[C@@H](C#N)Cc2ccc(C)cc2)nnc1-c1ccc(Cl)cc1. The second-order valence-corrected chi connectivity index (χ2v) is 7.59. The van der Waals surface area contributed by atoms with Gasteiger partial charge >= 0.3 is 0 Å². The summed E-state index contributed by atoms with van der Waals surface area (Å²) in [5.74, 6) is 0.790. The standard InChI is InChI=1S/C20H19ClN4S/c1-3-25-19(16-8-10-17(21)11-9-16)23-24-20(25)26-18(13-22)12-15-6-4-14(2)5-7-15/h4-11,18H,3,12H2,1-2H3/t18-/m1/s1. The van der Waals surface area contributed by atoms with Gasteiger partial charge in [-0.1, -0.05) is 53.2 Å². The number of aromatic nitrogens is 3. The third-order valence-electron chi connectivity index (χ3n) is 4.07. The monoisotopic (exact) mass is 382 g/mol. The van der Waals surface area contributed by atoms with Crippen molar-refractivity contribution in [3.63, 3.8) is 0 Å². The third kappa shape index (κ3) is 4.27. The summed E-state index contributed by atoms with van der Waals surface area (Å²) in [6, 6.07) is 18.2. The van der Waals surface area contributed by atoms with Crippen LogP contribution in [0.25, 0.3) is 11.4 Å². The molecule has 0 N–H and O–H groups in total. The van der Waals surface area contributed by atoms with Crippen molar-refractivity contribution in [2.75, 3.05) is 0 Å². The highest BCUT2D eigenvalue weighted by atomic mass is 35.5. The molecule has 0 saturated heterocycles. The molecule has 0 bridgehead atoms. The van der Waals surface area contributed by atoms with Crippen molar-refractivity contribution in [1.82, 2.24) is 14.8 Å². The summed E-state index contributed by atoms with van der Waals surface area (Å²) in [5.41, 5.74) is 3.33. The molecule has 0 aliphatic carbocycles. The average molecular weight is 383 g/mol. The number of aryl methyl sites for hydroxylation is 1. The van der Waals surface area contributed by atoms with E-state index in [-0.39, 0.29) is 5.25 Å². The molecule has 1 aromatic heterocycles. The number of thioether (sulfide) groups is 1. The van der Waals surface area contributed by atoms with Crippen molar-refractivity contribution < 1.29 is 0 Å². The zero-order valence-corrected chi connectivity index (χ0v) is 16.3. The molecule has 0 amide bonds. The van der Waals surface area contributed by atoms with Gasteiger partial charge < -0.3 is 4.57 Å². The first-order valence-corrected chi connectivity index (χ1v) is 9.67. The van der Waals surface area contributed by atoms with E-state index in [1.54, 1.807) is 0 Å². The summed E-state index contributed by atoms with van der Waals surface area (Å²) in [6.07, 6.45) is 0.675. The molecule has 0 aliphatic rings. The lowest BCUT2D eigenvalue weighted by atomic mass is 10.1. The van der Waals surface area contributed by atoms with Gasteiger partial charge in [0, 0.05) is 17.1 Å². The highest BCUT2D eigenvalue weighted by molar-refractivity contribution is 8.00. The van der Waals surface area contributed by atoms with Crippen LogP contribution in [0.3, 0.4) is 0 Å². The van der Waals surface area contributed by atoms with Gasteiger partial charge in [-0.15, -0.1) is 10.2 Å². The van der Waals surface area contributed by atoms with Crippen LogP contribution in [0.2, 0.25) is 5.02 Å². The molecule has 2 aromatic carbocycles. The molecular formula is C20H19ClN4S. The van der Waals surface area contributed by atoms with Crippen LogP contribution in [0.1, 0.15) is 18.1 Å². The van der Waals surface area contributed by atoms with Crippen molar-refractivity contribution in [2.45, 2.75) is 37.2 Å². The number of hydrogen-bond acceptors (Lipinski definition) is 4. The quantitative estimate of drug-likeness (QED) is 0.553. The smallest absolute Gasteiger partial charge is 0.192 e. The minimum atomic E-state index is -0.217. The highest BCUT2D eigenvalue weighted by Crippen LogP contribution is 2.28. The Kier molecular flexibility index (Phi) is 5.97. The van der Waals surface area contributed by atoms with Crippen molar-refractivity contribution >= 4 is 23.4 Å². The lowest BCUT2D eigenvalue weighted by molar-refractivity contribution is 0.686. The van der Waals surface area contributed by atoms with Crippen LogP contribution in [0.4, 0.5) is 0 Å². The topological polar surface area (TPSA) is 54.5 Å². The second kappa shape index (κ2) is 8.39. The van der Waals surface area contributed by atoms with Gasteiger partial charge in [0.25, 0.3) is 0 Å². The number of benzene rings is 2. The maximum Gasteiger partial charge on any atom is 0.192 e. The predicted octanol–water partition coefficient (Wildman–Crippen LogP) is 5.15. The van der Waals surface area contributed by atoms with Crippen LogP contribution in [0, 0.1) is 18.3 Å². The van der Waals surface area contributed by atoms with Gasteiger partial charge in [0.15, 0.2) is 11.0 Å². The van der Waals surface area contributed by atoms with Crippen LogP contribution in [0.5, 0.6) is 0 Å². The Morgan fingerprint density at radius 1 is 1.12 bits per heavy atom. The van der Waals surface area contributed by atoms with E-state index in [1.807, 2.05) is 35.8 Å². The summed E-state index contributed by atoms with van der Waals surface area (Å²) in [4.78, 5) is 0. The summed E-state index contributed by atoms with van der Waals surface area (Å²) < 4.78 is 2.04. The summed E-state index contributed by atoms with van der Waals surface area (Å²) in [7, 11) is 0. The maximum atomic E-state index is 9.58. The number of nitriles is 1. The number of halogens is 1. The fourth-order valence-electron chi connectivity index (χ4n) is 2.65. The molecule has 132 valence electrons. The number of rotatable bonds is 6. The molecule has 0 radical (unpaired) electrons. The fraction of sp³-hybridized carbons (Fsp3) is 0.250. The average Bonchev–Trinajstić information content (AvgIpc) is 3.06. The van der Waals surface area contributed by atoms with Crippen LogP contribution < -0.4 is 0 Å². The first-order chi connectivity index (χ1) is 12.6. The van der Waals surface area contributed by atoms with Crippen molar-refractivity contribution in [3.05, 3.63) is 64.7 Å². The molecule has 0 spiro atoms. The Morgan fingerprint density at radius 2 is 1.81 bits per heavy atom. The minimum Gasteiger partial charge on any atom is -0.302 e. The van der Waals surface area contributed by atoms with Gasteiger partial charge in [0.2, 0.25) is 0 Å². The summed E-state index contributed by atoms with van der Waals surface area (Å²) in [5, 5.41) is 19.5. The molecule has 0 fully saturated rings. The Balaban J connectivity index is 1.81. The van der Waals surface area contributed by atoms with Gasteiger partial charge in [0.1, 0.15) is 5.25 Å². The molecule has 1 atom stereocenters. The Bertz CT molecular complexity index is 910. The van der Waals surface area contributed by atoms with Crippen molar-refractivity contribution in [1.29, 1.82) is 5.26 Å². The maximum absolute atomic E-state index is 9.58. The lowest BCUT2D eigenvalue weighted by Crippen LogP contribution is -2.07. The first kappa shape index (κ1) is 18.5. The first-order valence-electron chi connectivity index (χ1n) is 8.41. The normalized spacial score (nSPS) is 11.9. The molecule has 0 saturated carbocycles. The highest BCUT2D eigenvalue weighted by Gasteiger charge is 2.18. The Labute approximate surface area is 162 Å². The van der Waals surface area contributed by atoms with E-state index in [1.165, 1.54) is 17.3 Å². The molecule has 6 heteroatoms. The molecule has 1 heterocycles. The van der Waals surface area contributed by atoms with Crippen LogP contribution >= 0.6 is 23.4 Å². The number of nitrogens with zero attached hydrogens (tertiary/aromatic N) is 4. The molecule has 0 aliphatic heterocycles.